The highest BCUT2D eigenvalue weighted by molar-refractivity contribution is 5.93. The van der Waals surface area contributed by atoms with Crippen molar-refractivity contribution in [3.05, 3.63) is 27.2 Å². The molecule has 0 N–H and O–H groups in total. The number of hydrogen-bond acceptors (Lipinski definition) is 7. The number of hydrogen-bond donors (Lipinski definition) is 0. The molecule has 1 amide bonds. The first-order valence-corrected chi connectivity index (χ1v) is 8.95. The fourth-order valence-corrected chi connectivity index (χ4v) is 3.08. The van der Waals surface area contributed by atoms with Crippen molar-refractivity contribution in [1.29, 1.82) is 0 Å². The number of carbonyl (C=O) groups is 3. The summed E-state index contributed by atoms with van der Waals surface area (Å²) in [4.78, 5) is 50.5. The van der Waals surface area contributed by atoms with Gasteiger partial charge in [0.2, 0.25) is 0 Å². The van der Waals surface area contributed by atoms with E-state index in [-0.39, 0.29) is 12.2 Å². The summed E-state index contributed by atoms with van der Waals surface area (Å²) < 4.78 is 11.2. The number of rotatable bonds is 5. The molecule has 148 valence electrons. The minimum Gasteiger partial charge on any atom is -0.464 e. The maximum atomic E-state index is 12.5. The summed E-state index contributed by atoms with van der Waals surface area (Å²) in [6.07, 6.45) is 2.10. The number of likely N-dealkylation sites (tertiary alicyclic amines) is 1. The number of nitrogens with zero attached hydrogens (tertiary/aromatic N) is 3. The van der Waals surface area contributed by atoms with Crippen LogP contribution in [0.2, 0.25) is 0 Å². The van der Waals surface area contributed by atoms with Crippen LogP contribution in [0, 0.1) is 13.8 Å². The van der Waals surface area contributed by atoms with Crippen LogP contribution in [-0.4, -0.2) is 58.3 Å². The van der Waals surface area contributed by atoms with Gasteiger partial charge in [-0.3, -0.25) is 9.59 Å². The van der Waals surface area contributed by atoms with Crippen molar-refractivity contribution in [1.82, 2.24) is 14.7 Å². The van der Waals surface area contributed by atoms with E-state index in [2.05, 4.69) is 5.10 Å². The summed E-state index contributed by atoms with van der Waals surface area (Å²) in [7, 11) is 1.44. The van der Waals surface area contributed by atoms with Crippen molar-refractivity contribution in [2.24, 2.45) is 7.05 Å². The molecule has 0 radical (unpaired) electrons. The van der Waals surface area contributed by atoms with Crippen molar-refractivity contribution in [2.75, 3.05) is 19.8 Å². The Balaban J connectivity index is 2.09. The van der Waals surface area contributed by atoms with Crippen molar-refractivity contribution in [3.63, 3.8) is 0 Å². The lowest BCUT2D eigenvalue weighted by molar-refractivity contribution is -0.157. The second-order valence-electron chi connectivity index (χ2n) is 6.44. The van der Waals surface area contributed by atoms with E-state index in [4.69, 9.17) is 9.47 Å². The van der Waals surface area contributed by atoms with E-state index < -0.39 is 36.1 Å². The Hall–Kier alpha value is -2.71. The van der Waals surface area contributed by atoms with Gasteiger partial charge >= 0.3 is 11.9 Å². The lowest BCUT2D eigenvalue weighted by atomic mass is 10.0. The van der Waals surface area contributed by atoms with Crippen molar-refractivity contribution in [2.45, 2.75) is 46.1 Å². The summed E-state index contributed by atoms with van der Waals surface area (Å²) >= 11 is 0. The quantitative estimate of drug-likeness (QED) is 0.686. The first kappa shape index (κ1) is 20.6. The topological polar surface area (TPSA) is 108 Å². The minimum absolute atomic E-state index is 0.140. The molecule has 0 bridgehead atoms. The van der Waals surface area contributed by atoms with Gasteiger partial charge in [-0.05, 0) is 45.6 Å². The van der Waals surface area contributed by atoms with Crippen LogP contribution in [0.5, 0.6) is 0 Å². The van der Waals surface area contributed by atoms with Gasteiger partial charge in [-0.25, -0.2) is 14.3 Å². The predicted octanol–water partition coefficient (Wildman–Crippen LogP) is 0.498. The third kappa shape index (κ3) is 4.53. The van der Waals surface area contributed by atoms with E-state index in [9.17, 15) is 19.2 Å². The average molecular weight is 379 g/mol. The molecule has 0 aromatic carbocycles. The first-order chi connectivity index (χ1) is 12.8. The van der Waals surface area contributed by atoms with Crippen LogP contribution < -0.4 is 5.56 Å². The van der Waals surface area contributed by atoms with Gasteiger partial charge in [0.15, 0.2) is 6.61 Å². The van der Waals surface area contributed by atoms with E-state index in [1.54, 1.807) is 20.8 Å². The van der Waals surface area contributed by atoms with Gasteiger partial charge in [0.25, 0.3) is 11.5 Å². The molecule has 0 aliphatic carbocycles. The summed E-state index contributed by atoms with van der Waals surface area (Å²) in [6.45, 7) is 5.07. The second-order valence-corrected chi connectivity index (χ2v) is 6.44. The molecule has 1 saturated heterocycles. The monoisotopic (exact) mass is 379 g/mol. The standard InChI is InChI=1S/C18H25N3O6/c1-5-26-17(24)13-8-6-7-9-21(13)14(22)10-27-18(25)15-11(2)12(3)19-20(4)16(15)23/h13H,5-10H2,1-4H3. The van der Waals surface area contributed by atoms with Crippen LogP contribution in [0.4, 0.5) is 0 Å². The molecule has 1 atom stereocenters. The molecule has 1 aliphatic rings. The van der Waals surface area contributed by atoms with Crippen LogP contribution >= 0.6 is 0 Å². The number of ether oxygens (including phenoxy) is 2. The maximum Gasteiger partial charge on any atom is 0.344 e. The molecule has 1 fully saturated rings. The normalized spacial score (nSPS) is 16.7. The second kappa shape index (κ2) is 8.79. The number of piperidine rings is 1. The van der Waals surface area contributed by atoms with Gasteiger partial charge in [0.05, 0.1) is 12.3 Å². The van der Waals surface area contributed by atoms with E-state index >= 15 is 0 Å². The fourth-order valence-electron chi connectivity index (χ4n) is 3.08. The summed E-state index contributed by atoms with van der Waals surface area (Å²) in [5, 5.41) is 4.00. The van der Waals surface area contributed by atoms with Gasteiger partial charge in [0.1, 0.15) is 11.6 Å². The zero-order chi connectivity index (χ0) is 20.1. The Bertz CT molecular complexity index is 801. The van der Waals surface area contributed by atoms with Gasteiger partial charge in [-0.1, -0.05) is 0 Å². The van der Waals surface area contributed by atoms with Crippen LogP contribution in [-0.2, 0) is 26.1 Å². The highest BCUT2D eigenvalue weighted by atomic mass is 16.5. The Morgan fingerprint density at radius 3 is 2.56 bits per heavy atom. The molecule has 9 heteroatoms. The van der Waals surface area contributed by atoms with E-state index in [1.807, 2.05) is 0 Å². The third-order valence-corrected chi connectivity index (χ3v) is 4.64. The Kier molecular flexibility index (Phi) is 6.70. The fraction of sp³-hybridized carbons (Fsp3) is 0.611. The molecular weight excluding hydrogens is 354 g/mol. The third-order valence-electron chi connectivity index (χ3n) is 4.64. The number of esters is 2. The van der Waals surface area contributed by atoms with Crippen LogP contribution in [0.3, 0.4) is 0 Å². The van der Waals surface area contributed by atoms with E-state index in [0.717, 1.165) is 17.5 Å². The number of aromatic nitrogens is 2. The average Bonchev–Trinajstić information content (AvgIpc) is 2.65. The Morgan fingerprint density at radius 2 is 1.89 bits per heavy atom. The van der Waals surface area contributed by atoms with Crippen molar-refractivity contribution in [3.8, 4) is 0 Å². The molecule has 2 rings (SSSR count). The van der Waals surface area contributed by atoms with Crippen LogP contribution in [0.1, 0.15) is 47.8 Å². The zero-order valence-electron chi connectivity index (χ0n) is 16.1. The van der Waals surface area contributed by atoms with Gasteiger partial charge < -0.3 is 14.4 Å². The molecule has 1 aliphatic heterocycles. The molecule has 9 nitrogen and oxygen atoms in total. The molecule has 27 heavy (non-hydrogen) atoms. The van der Waals surface area contributed by atoms with Gasteiger partial charge in [-0.15, -0.1) is 0 Å². The predicted molar refractivity (Wildman–Crippen MR) is 95.2 cm³/mol. The smallest absolute Gasteiger partial charge is 0.344 e. The van der Waals surface area contributed by atoms with Crippen molar-refractivity contribution < 1.29 is 23.9 Å². The van der Waals surface area contributed by atoms with Gasteiger partial charge in [-0.2, -0.15) is 5.10 Å². The van der Waals surface area contributed by atoms with Crippen LogP contribution in [0.15, 0.2) is 4.79 Å². The van der Waals surface area contributed by atoms with Crippen LogP contribution in [0.25, 0.3) is 0 Å². The molecule has 0 saturated carbocycles. The molecule has 1 aromatic heterocycles. The minimum atomic E-state index is -0.878. The summed E-state index contributed by atoms with van der Waals surface area (Å²) in [5.41, 5.74) is 0.211. The largest absolute Gasteiger partial charge is 0.464 e. The molecule has 1 aromatic rings. The molecule has 2 heterocycles. The SMILES string of the molecule is CCOC(=O)C1CCCCN1C(=O)COC(=O)c1c(C)c(C)nn(C)c1=O. The Labute approximate surface area is 157 Å². The van der Waals surface area contributed by atoms with E-state index in [1.165, 1.54) is 11.9 Å². The summed E-state index contributed by atoms with van der Waals surface area (Å²) in [5.74, 6) is -1.82. The summed E-state index contributed by atoms with van der Waals surface area (Å²) in [6, 6.07) is -0.664. The molecule has 1 unspecified atom stereocenters. The highest BCUT2D eigenvalue weighted by Gasteiger charge is 2.33. The number of amides is 1. The molecule has 0 spiro atoms. The maximum absolute atomic E-state index is 12.5. The number of aryl methyl sites for hydroxylation is 2. The Morgan fingerprint density at radius 1 is 1.19 bits per heavy atom. The van der Waals surface area contributed by atoms with Crippen molar-refractivity contribution >= 4 is 17.8 Å². The molecular formula is C18H25N3O6. The lowest BCUT2D eigenvalue weighted by Crippen LogP contribution is -2.50. The number of carbonyl (C=O) groups excluding carboxylic acids is 3. The first-order valence-electron chi connectivity index (χ1n) is 8.95. The highest BCUT2D eigenvalue weighted by Crippen LogP contribution is 2.19. The zero-order valence-corrected chi connectivity index (χ0v) is 16.1. The lowest BCUT2D eigenvalue weighted by Gasteiger charge is -2.33. The van der Waals surface area contributed by atoms with Gasteiger partial charge in [0, 0.05) is 13.6 Å². The van der Waals surface area contributed by atoms with E-state index in [0.29, 0.717) is 24.2 Å².